The lowest BCUT2D eigenvalue weighted by Gasteiger charge is -2.15. The Bertz CT molecular complexity index is 525. The normalized spacial score (nSPS) is 19.7. The van der Waals surface area contributed by atoms with Gasteiger partial charge in [-0.25, -0.2) is 9.97 Å². The maximum atomic E-state index is 5.62. The fourth-order valence-electron chi connectivity index (χ4n) is 2.47. The molecule has 1 saturated heterocycles. The quantitative estimate of drug-likeness (QED) is 0.909. The van der Waals surface area contributed by atoms with E-state index in [1.807, 2.05) is 19.1 Å². The van der Waals surface area contributed by atoms with Crippen LogP contribution >= 0.6 is 0 Å². The minimum atomic E-state index is 0.450. The van der Waals surface area contributed by atoms with Crippen molar-refractivity contribution in [2.45, 2.75) is 25.9 Å². The van der Waals surface area contributed by atoms with Crippen molar-refractivity contribution in [2.75, 3.05) is 18.4 Å². The van der Waals surface area contributed by atoms with Crippen LogP contribution in [0.1, 0.15) is 17.9 Å². The molecule has 19 heavy (non-hydrogen) atoms. The lowest BCUT2D eigenvalue weighted by Crippen LogP contribution is -2.26. The highest BCUT2D eigenvalue weighted by Gasteiger charge is 2.23. The van der Waals surface area contributed by atoms with Crippen molar-refractivity contribution in [3.63, 3.8) is 0 Å². The first-order valence-corrected chi connectivity index (χ1v) is 6.60. The van der Waals surface area contributed by atoms with E-state index in [0.29, 0.717) is 6.04 Å². The molecule has 2 aromatic heterocycles. The van der Waals surface area contributed by atoms with Gasteiger partial charge in [-0.15, -0.1) is 0 Å². The molecule has 3 rings (SSSR count). The second kappa shape index (κ2) is 5.40. The van der Waals surface area contributed by atoms with E-state index in [2.05, 4.69) is 26.3 Å². The van der Waals surface area contributed by atoms with Crippen LogP contribution in [-0.4, -0.2) is 34.0 Å². The Kier molecular flexibility index (Phi) is 3.46. The Hall–Kier alpha value is -1.88. The monoisotopic (exact) mass is 258 g/mol. The third kappa shape index (κ3) is 3.12. The zero-order valence-electron chi connectivity index (χ0n) is 11.0. The summed E-state index contributed by atoms with van der Waals surface area (Å²) in [6, 6.07) is 6.42. The molecule has 1 fully saturated rings. The number of furan rings is 1. The van der Waals surface area contributed by atoms with Gasteiger partial charge in [-0.1, -0.05) is 0 Å². The highest BCUT2D eigenvalue weighted by molar-refractivity contribution is 5.33. The van der Waals surface area contributed by atoms with Crippen molar-refractivity contribution >= 4 is 5.82 Å². The van der Waals surface area contributed by atoms with Crippen LogP contribution in [0.25, 0.3) is 0 Å². The van der Waals surface area contributed by atoms with Gasteiger partial charge in [0.05, 0.1) is 6.54 Å². The summed E-state index contributed by atoms with van der Waals surface area (Å²) >= 11 is 0. The molecular formula is C14H18N4O. The molecule has 0 bridgehead atoms. The van der Waals surface area contributed by atoms with Gasteiger partial charge in [0.2, 0.25) is 0 Å². The van der Waals surface area contributed by atoms with Crippen molar-refractivity contribution in [3.8, 4) is 0 Å². The number of hydrogen-bond acceptors (Lipinski definition) is 5. The third-order valence-electron chi connectivity index (χ3n) is 3.38. The zero-order valence-corrected chi connectivity index (χ0v) is 11.0. The first kappa shape index (κ1) is 12.2. The maximum absolute atomic E-state index is 5.62. The number of hydrogen-bond donors (Lipinski definition) is 1. The van der Waals surface area contributed by atoms with Crippen LogP contribution in [0, 0.1) is 6.92 Å². The minimum absolute atomic E-state index is 0.450. The maximum Gasteiger partial charge on any atom is 0.129 e. The van der Waals surface area contributed by atoms with Gasteiger partial charge in [0.1, 0.15) is 23.7 Å². The smallest absolute Gasteiger partial charge is 0.129 e. The summed E-state index contributed by atoms with van der Waals surface area (Å²) in [5, 5.41) is 3.44. The molecule has 5 nitrogen and oxygen atoms in total. The Morgan fingerprint density at radius 2 is 2.37 bits per heavy atom. The Morgan fingerprint density at radius 1 is 1.42 bits per heavy atom. The van der Waals surface area contributed by atoms with Crippen LogP contribution in [-0.2, 0) is 6.54 Å². The first-order chi connectivity index (χ1) is 9.29. The zero-order chi connectivity index (χ0) is 13.1. The summed E-state index contributed by atoms with van der Waals surface area (Å²) in [7, 11) is 0. The predicted octanol–water partition coefficient (Wildman–Crippen LogP) is 2.06. The van der Waals surface area contributed by atoms with E-state index in [1.54, 1.807) is 12.5 Å². The standard InChI is InChI=1S/C14H18N4O/c1-11-2-3-13(19-11)9-18-7-5-12(8-18)17-14-4-6-15-10-16-14/h2-4,6,10,12H,5,7-9H2,1H3,(H,15,16,17). The lowest BCUT2D eigenvalue weighted by molar-refractivity contribution is 0.292. The average Bonchev–Trinajstić information content (AvgIpc) is 3.01. The summed E-state index contributed by atoms with van der Waals surface area (Å²) in [5.41, 5.74) is 0. The van der Waals surface area contributed by atoms with Crippen LogP contribution in [0.15, 0.2) is 35.1 Å². The first-order valence-electron chi connectivity index (χ1n) is 6.60. The molecule has 1 N–H and O–H groups in total. The molecule has 0 aliphatic carbocycles. The second-order valence-electron chi connectivity index (χ2n) is 4.97. The van der Waals surface area contributed by atoms with Crippen molar-refractivity contribution < 1.29 is 4.42 Å². The Labute approximate surface area is 112 Å². The summed E-state index contributed by atoms with van der Waals surface area (Å²) < 4.78 is 5.62. The van der Waals surface area contributed by atoms with Crippen LogP contribution < -0.4 is 5.32 Å². The van der Waals surface area contributed by atoms with Crippen LogP contribution in [0.5, 0.6) is 0 Å². The van der Waals surface area contributed by atoms with Gasteiger partial charge in [0.15, 0.2) is 0 Å². The van der Waals surface area contributed by atoms with Crippen LogP contribution in [0.4, 0.5) is 5.82 Å². The molecular weight excluding hydrogens is 240 g/mol. The molecule has 1 aliphatic heterocycles. The fourth-order valence-corrected chi connectivity index (χ4v) is 2.47. The van der Waals surface area contributed by atoms with Crippen LogP contribution in [0.2, 0.25) is 0 Å². The number of anilines is 1. The van der Waals surface area contributed by atoms with Gasteiger partial charge in [-0.05, 0) is 31.5 Å². The van der Waals surface area contributed by atoms with E-state index in [1.165, 1.54) is 0 Å². The van der Waals surface area contributed by atoms with Gasteiger partial charge in [-0.3, -0.25) is 4.90 Å². The molecule has 3 heterocycles. The molecule has 5 heteroatoms. The van der Waals surface area contributed by atoms with Crippen molar-refractivity contribution in [2.24, 2.45) is 0 Å². The van der Waals surface area contributed by atoms with Gasteiger partial charge >= 0.3 is 0 Å². The number of aryl methyl sites for hydroxylation is 1. The van der Waals surface area contributed by atoms with Gasteiger partial charge in [0, 0.05) is 25.3 Å². The number of nitrogens with zero attached hydrogens (tertiary/aromatic N) is 3. The van der Waals surface area contributed by atoms with Gasteiger partial charge in [0.25, 0.3) is 0 Å². The van der Waals surface area contributed by atoms with Crippen molar-refractivity contribution in [1.29, 1.82) is 0 Å². The molecule has 1 atom stereocenters. The highest BCUT2D eigenvalue weighted by atomic mass is 16.3. The summed E-state index contributed by atoms with van der Waals surface area (Å²) in [4.78, 5) is 10.5. The molecule has 0 amide bonds. The third-order valence-corrected chi connectivity index (χ3v) is 3.38. The van der Waals surface area contributed by atoms with Crippen molar-refractivity contribution in [3.05, 3.63) is 42.2 Å². The molecule has 1 aliphatic rings. The highest BCUT2D eigenvalue weighted by Crippen LogP contribution is 2.17. The van der Waals surface area contributed by atoms with Gasteiger partial charge < -0.3 is 9.73 Å². The van der Waals surface area contributed by atoms with Crippen molar-refractivity contribution in [1.82, 2.24) is 14.9 Å². The summed E-state index contributed by atoms with van der Waals surface area (Å²) in [6.45, 7) is 4.97. The topological polar surface area (TPSA) is 54.2 Å². The largest absolute Gasteiger partial charge is 0.465 e. The SMILES string of the molecule is Cc1ccc(CN2CCC(Nc3ccncn3)C2)o1. The molecule has 2 aromatic rings. The average molecular weight is 258 g/mol. The fraction of sp³-hybridized carbons (Fsp3) is 0.429. The molecule has 0 saturated carbocycles. The molecule has 1 unspecified atom stereocenters. The predicted molar refractivity (Wildman–Crippen MR) is 72.8 cm³/mol. The number of nitrogens with one attached hydrogen (secondary N) is 1. The molecule has 0 spiro atoms. The molecule has 100 valence electrons. The van der Waals surface area contributed by atoms with E-state index in [4.69, 9.17) is 4.42 Å². The van der Waals surface area contributed by atoms with E-state index in [-0.39, 0.29) is 0 Å². The molecule has 0 radical (unpaired) electrons. The second-order valence-corrected chi connectivity index (χ2v) is 4.97. The van der Waals surface area contributed by atoms with E-state index < -0.39 is 0 Å². The number of likely N-dealkylation sites (tertiary alicyclic amines) is 1. The van der Waals surface area contributed by atoms with Crippen LogP contribution in [0.3, 0.4) is 0 Å². The molecule has 0 aromatic carbocycles. The summed E-state index contributed by atoms with van der Waals surface area (Å²) in [6.07, 6.45) is 4.46. The lowest BCUT2D eigenvalue weighted by atomic mass is 10.2. The van der Waals surface area contributed by atoms with Gasteiger partial charge in [-0.2, -0.15) is 0 Å². The number of aromatic nitrogens is 2. The van der Waals surface area contributed by atoms with E-state index in [9.17, 15) is 0 Å². The van der Waals surface area contributed by atoms with E-state index >= 15 is 0 Å². The Morgan fingerprint density at radius 3 is 3.11 bits per heavy atom. The Balaban J connectivity index is 1.53. The summed E-state index contributed by atoms with van der Waals surface area (Å²) in [5.74, 6) is 2.92. The minimum Gasteiger partial charge on any atom is -0.465 e. The van der Waals surface area contributed by atoms with E-state index in [0.717, 1.165) is 43.4 Å². The number of rotatable bonds is 4.